The number of ketones is 1. The molecule has 1 fully saturated rings. The molecule has 144 valence electrons. The maximum absolute atomic E-state index is 14.1. The average molecular weight is 507 g/mol. The predicted molar refractivity (Wildman–Crippen MR) is 107 cm³/mol. The van der Waals surface area contributed by atoms with Crippen molar-refractivity contribution < 1.29 is 22.0 Å². The molecule has 0 aliphatic carbocycles. The van der Waals surface area contributed by atoms with Gasteiger partial charge >= 0.3 is 10.2 Å². The third-order valence-corrected chi connectivity index (χ3v) is 6.23. The van der Waals surface area contributed by atoms with Crippen molar-refractivity contribution in [3.05, 3.63) is 51.6 Å². The largest absolute Gasteiger partial charge is 0.351 e. The first-order valence-corrected chi connectivity index (χ1v) is 10.6. The Morgan fingerprint density at radius 3 is 2.30 bits per heavy atom. The van der Waals surface area contributed by atoms with Crippen molar-refractivity contribution in [3.63, 3.8) is 0 Å². The summed E-state index contributed by atoms with van der Waals surface area (Å²) < 4.78 is 57.2. The number of hydrogen-bond acceptors (Lipinski definition) is 4. The molecule has 0 bridgehead atoms. The lowest BCUT2D eigenvalue weighted by molar-refractivity contribution is -0.120. The highest BCUT2D eigenvalue weighted by Gasteiger charge is 2.27. The van der Waals surface area contributed by atoms with Gasteiger partial charge in [-0.1, -0.05) is 0 Å². The molecule has 3 rings (SSSR count). The standard InChI is InChI=1S/C17H16F2IN3O3S/c18-11-1-3-16(22-27(25,26)23-7-5-13(24)6-8-23)17(9-11)21-15-4-2-12(20)10-14(15)19/h1-4,9-10,21-22H,5-8H2. The highest BCUT2D eigenvalue weighted by Crippen LogP contribution is 2.30. The number of carbonyl (C=O) groups excluding carboxylic acids is 1. The minimum atomic E-state index is -3.93. The van der Waals surface area contributed by atoms with Crippen LogP contribution in [0, 0.1) is 15.2 Å². The monoisotopic (exact) mass is 507 g/mol. The summed E-state index contributed by atoms with van der Waals surface area (Å²) >= 11 is 1.96. The molecule has 0 atom stereocenters. The van der Waals surface area contributed by atoms with Crippen molar-refractivity contribution in [3.8, 4) is 0 Å². The van der Waals surface area contributed by atoms with Crippen molar-refractivity contribution >= 4 is 55.6 Å². The number of Topliss-reactive ketones (excluding diaryl/α,β-unsaturated/α-hetero) is 1. The van der Waals surface area contributed by atoms with E-state index in [0.717, 1.165) is 16.4 Å². The van der Waals surface area contributed by atoms with Gasteiger partial charge in [-0.25, -0.2) is 8.78 Å². The molecule has 0 radical (unpaired) electrons. The molecule has 0 unspecified atom stereocenters. The van der Waals surface area contributed by atoms with E-state index in [2.05, 4.69) is 10.0 Å². The normalized spacial score (nSPS) is 15.6. The van der Waals surface area contributed by atoms with Gasteiger partial charge in [-0.2, -0.15) is 12.7 Å². The van der Waals surface area contributed by atoms with E-state index in [-0.39, 0.29) is 48.8 Å². The number of anilines is 3. The molecular weight excluding hydrogens is 491 g/mol. The summed E-state index contributed by atoms with van der Waals surface area (Å²) in [6, 6.07) is 7.89. The van der Waals surface area contributed by atoms with E-state index in [9.17, 15) is 22.0 Å². The van der Waals surface area contributed by atoms with E-state index in [4.69, 9.17) is 0 Å². The topological polar surface area (TPSA) is 78.5 Å². The smallest absolute Gasteiger partial charge is 0.301 e. The number of piperidine rings is 1. The van der Waals surface area contributed by atoms with Crippen LogP contribution in [-0.4, -0.2) is 31.6 Å². The summed E-state index contributed by atoms with van der Waals surface area (Å²) in [6.07, 6.45) is 0.312. The molecule has 1 saturated heterocycles. The Morgan fingerprint density at radius 1 is 0.963 bits per heavy atom. The Bertz CT molecular complexity index is 975. The van der Waals surface area contributed by atoms with Gasteiger partial charge in [0, 0.05) is 29.5 Å². The molecule has 2 aromatic carbocycles. The maximum Gasteiger partial charge on any atom is 0.301 e. The molecule has 2 aromatic rings. The van der Waals surface area contributed by atoms with Crippen molar-refractivity contribution in [1.29, 1.82) is 0 Å². The van der Waals surface area contributed by atoms with E-state index in [1.807, 2.05) is 22.6 Å². The number of hydrogen-bond donors (Lipinski definition) is 2. The third kappa shape index (κ3) is 4.93. The van der Waals surface area contributed by atoms with Gasteiger partial charge in [-0.05, 0) is 59.0 Å². The number of carbonyl (C=O) groups is 1. The first-order valence-electron chi connectivity index (χ1n) is 8.06. The number of nitrogens with one attached hydrogen (secondary N) is 2. The van der Waals surface area contributed by atoms with Crippen LogP contribution in [0.2, 0.25) is 0 Å². The summed E-state index contributed by atoms with van der Waals surface area (Å²) in [4.78, 5) is 11.3. The molecule has 6 nitrogen and oxygen atoms in total. The van der Waals surface area contributed by atoms with Crippen molar-refractivity contribution in [2.24, 2.45) is 0 Å². The number of rotatable bonds is 5. The van der Waals surface area contributed by atoms with Crippen LogP contribution in [0.25, 0.3) is 0 Å². The van der Waals surface area contributed by atoms with Gasteiger partial charge in [0.1, 0.15) is 17.4 Å². The van der Waals surface area contributed by atoms with Crippen LogP contribution in [0.1, 0.15) is 12.8 Å². The quantitative estimate of drug-likeness (QED) is 0.607. The highest BCUT2D eigenvalue weighted by molar-refractivity contribution is 14.1. The minimum Gasteiger partial charge on any atom is -0.351 e. The zero-order chi connectivity index (χ0) is 19.6. The fraction of sp³-hybridized carbons (Fsp3) is 0.235. The Hall–Kier alpha value is -1.79. The van der Waals surface area contributed by atoms with Gasteiger partial charge in [0.2, 0.25) is 0 Å². The number of benzene rings is 2. The van der Waals surface area contributed by atoms with Gasteiger partial charge in [-0.3, -0.25) is 9.52 Å². The Morgan fingerprint density at radius 2 is 1.63 bits per heavy atom. The van der Waals surface area contributed by atoms with Crippen molar-refractivity contribution in [1.82, 2.24) is 4.31 Å². The third-order valence-electron chi connectivity index (χ3n) is 4.04. The minimum absolute atomic E-state index is 0.0137. The molecular formula is C17H16F2IN3O3S. The molecule has 1 aliphatic heterocycles. The molecule has 1 aliphatic rings. The summed E-state index contributed by atoms with van der Waals surface area (Å²) in [5.74, 6) is -1.13. The van der Waals surface area contributed by atoms with Gasteiger partial charge in [0.25, 0.3) is 0 Å². The van der Waals surface area contributed by atoms with Gasteiger partial charge in [0.05, 0.1) is 17.1 Å². The SMILES string of the molecule is O=C1CCN(S(=O)(=O)Nc2ccc(F)cc2Nc2ccc(I)cc2F)CC1. The first-order chi connectivity index (χ1) is 12.7. The van der Waals surface area contributed by atoms with Gasteiger partial charge < -0.3 is 5.32 Å². The summed E-state index contributed by atoms with van der Waals surface area (Å²) in [5, 5.41) is 2.72. The average Bonchev–Trinajstić information content (AvgIpc) is 2.60. The summed E-state index contributed by atoms with van der Waals surface area (Å²) in [6.45, 7) is 0.174. The van der Waals surface area contributed by atoms with E-state index in [1.165, 1.54) is 18.2 Å². The Kier molecular flexibility index (Phi) is 5.96. The van der Waals surface area contributed by atoms with Crippen LogP contribution in [-0.2, 0) is 15.0 Å². The van der Waals surface area contributed by atoms with Gasteiger partial charge in [-0.15, -0.1) is 0 Å². The second-order valence-corrected chi connectivity index (χ2v) is 8.90. The Balaban J connectivity index is 1.86. The van der Waals surface area contributed by atoms with Crippen LogP contribution in [0.5, 0.6) is 0 Å². The van der Waals surface area contributed by atoms with Crippen molar-refractivity contribution in [2.75, 3.05) is 23.1 Å². The zero-order valence-electron chi connectivity index (χ0n) is 14.0. The lowest BCUT2D eigenvalue weighted by Gasteiger charge is -2.26. The van der Waals surface area contributed by atoms with E-state index >= 15 is 0 Å². The van der Waals surface area contributed by atoms with E-state index < -0.39 is 21.8 Å². The van der Waals surface area contributed by atoms with Crippen LogP contribution in [0.3, 0.4) is 0 Å². The molecule has 0 amide bonds. The van der Waals surface area contributed by atoms with Crippen LogP contribution >= 0.6 is 22.6 Å². The molecule has 0 aromatic heterocycles. The zero-order valence-corrected chi connectivity index (χ0v) is 17.0. The molecule has 1 heterocycles. The molecule has 2 N–H and O–H groups in total. The number of halogens is 3. The van der Waals surface area contributed by atoms with Crippen LogP contribution in [0.15, 0.2) is 36.4 Å². The van der Waals surface area contributed by atoms with E-state index in [0.29, 0.717) is 3.57 Å². The predicted octanol–water partition coefficient (Wildman–Crippen LogP) is 3.63. The molecule has 27 heavy (non-hydrogen) atoms. The number of nitrogens with zero attached hydrogens (tertiary/aromatic N) is 1. The maximum atomic E-state index is 14.1. The lowest BCUT2D eigenvalue weighted by Crippen LogP contribution is -2.41. The van der Waals surface area contributed by atoms with Crippen LogP contribution in [0.4, 0.5) is 25.8 Å². The second kappa shape index (κ2) is 8.07. The van der Waals surface area contributed by atoms with Gasteiger partial charge in [0.15, 0.2) is 0 Å². The highest BCUT2D eigenvalue weighted by atomic mass is 127. The van der Waals surface area contributed by atoms with Crippen LogP contribution < -0.4 is 10.0 Å². The lowest BCUT2D eigenvalue weighted by atomic mass is 10.1. The first kappa shape index (κ1) is 20.0. The second-order valence-electron chi connectivity index (χ2n) is 5.98. The fourth-order valence-corrected chi connectivity index (χ4v) is 4.33. The Labute approximate surface area is 169 Å². The molecule has 10 heteroatoms. The summed E-state index contributed by atoms with van der Waals surface area (Å²) in [7, 11) is -3.93. The molecule has 0 saturated carbocycles. The van der Waals surface area contributed by atoms with E-state index in [1.54, 1.807) is 6.07 Å². The fourth-order valence-electron chi connectivity index (χ4n) is 2.62. The van der Waals surface area contributed by atoms with Crippen molar-refractivity contribution in [2.45, 2.75) is 12.8 Å². The molecule has 0 spiro atoms. The summed E-state index contributed by atoms with van der Waals surface area (Å²) in [5.41, 5.74) is 0.239.